The van der Waals surface area contributed by atoms with Crippen LogP contribution in [0.5, 0.6) is 0 Å². The van der Waals surface area contributed by atoms with Gasteiger partial charge in [-0.1, -0.05) is 12.8 Å². The van der Waals surface area contributed by atoms with Gasteiger partial charge in [-0.15, -0.1) is 0 Å². The standard InChI is InChI=1S/C20H27F3N4O3/c21-20(22,23)16-6-5-9-27(19(16)30)15-18(29)26-12-10-24(11-13-26)14-17(28)25-7-3-1-2-4-8-25/h5-6,9H,1-4,7-8,10-15H2. The smallest absolute Gasteiger partial charge is 0.342 e. The Bertz CT molecular complexity index is 808. The highest BCUT2D eigenvalue weighted by Crippen LogP contribution is 2.26. The number of carbonyl (C=O) groups excluding carboxylic acids is 2. The third-order valence-corrected chi connectivity index (χ3v) is 5.67. The first kappa shape index (κ1) is 22.3. The molecule has 2 saturated heterocycles. The van der Waals surface area contributed by atoms with Crippen molar-refractivity contribution in [1.82, 2.24) is 19.3 Å². The number of hydrogen-bond acceptors (Lipinski definition) is 4. The summed E-state index contributed by atoms with van der Waals surface area (Å²) in [4.78, 5) is 42.4. The predicted octanol–water partition coefficient (Wildman–Crippen LogP) is 1.41. The zero-order valence-electron chi connectivity index (χ0n) is 16.9. The highest BCUT2D eigenvalue weighted by molar-refractivity contribution is 5.78. The van der Waals surface area contributed by atoms with Crippen LogP contribution in [0.1, 0.15) is 31.2 Å². The molecule has 0 aliphatic carbocycles. The maximum absolute atomic E-state index is 12.9. The molecule has 0 atom stereocenters. The summed E-state index contributed by atoms with van der Waals surface area (Å²) in [7, 11) is 0. The lowest BCUT2D eigenvalue weighted by Crippen LogP contribution is -2.52. The molecular weight excluding hydrogens is 401 g/mol. The summed E-state index contributed by atoms with van der Waals surface area (Å²) in [5.41, 5.74) is -2.50. The fourth-order valence-electron chi connectivity index (χ4n) is 3.89. The van der Waals surface area contributed by atoms with E-state index >= 15 is 0 Å². The predicted molar refractivity (Wildman–Crippen MR) is 104 cm³/mol. The molecule has 0 bridgehead atoms. The second-order valence-corrected chi connectivity index (χ2v) is 7.80. The first-order valence-corrected chi connectivity index (χ1v) is 10.3. The number of nitrogens with zero attached hydrogens (tertiary/aromatic N) is 4. The van der Waals surface area contributed by atoms with Crippen molar-refractivity contribution in [2.24, 2.45) is 0 Å². The average Bonchev–Trinajstić information content (AvgIpc) is 2.99. The first-order valence-electron chi connectivity index (χ1n) is 10.3. The van der Waals surface area contributed by atoms with Crippen molar-refractivity contribution in [3.63, 3.8) is 0 Å². The molecule has 3 rings (SSSR count). The van der Waals surface area contributed by atoms with Gasteiger partial charge in [0.25, 0.3) is 5.56 Å². The summed E-state index contributed by atoms with van der Waals surface area (Å²) >= 11 is 0. The zero-order chi connectivity index (χ0) is 21.7. The van der Waals surface area contributed by atoms with E-state index in [0.29, 0.717) is 38.8 Å². The molecule has 10 heteroatoms. The number of piperazine rings is 1. The Morgan fingerprint density at radius 3 is 2.00 bits per heavy atom. The molecule has 0 saturated carbocycles. The lowest BCUT2D eigenvalue weighted by molar-refractivity contribution is -0.140. The van der Waals surface area contributed by atoms with Crippen molar-refractivity contribution in [3.8, 4) is 0 Å². The highest BCUT2D eigenvalue weighted by Gasteiger charge is 2.34. The largest absolute Gasteiger partial charge is 0.421 e. The third kappa shape index (κ3) is 5.62. The van der Waals surface area contributed by atoms with Crippen LogP contribution in [0, 0.1) is 0 Å². The van der Waals surface area contributed by atoms with Gasteiger partial charge < -0.3 is 14.4 Å². The van der Waals surface area contributed by atoms with Crippen LogP contribution in [0.2, 0.25) is 0 Å². The molecule has 3 heterocycles. The fraction of sp³-hybridized carbons (Fsp3) is 0.650. The van der Waals surface area contributed by atoms with Gasteiger partial charge in [-0.2, -0.15) is 13.2 Å². The first-order chi connectivity index (χ1) is 14.3. The summed E-state index contributed by atoms with van der Waals surface area (Å²) < 4.78 is 39.4. The number of halogens is 3. The van der Waals surface area contributed by atoms with Crippen LogP contribution in [0.15, 0.2) is 23.1 Å². The third-order valence-electron chi connectivity index (χ3n) is 5.67. The Morgan fingerprint density at radius 1 is 0.833 bits per heavy atom. The van der Waals surface area contributed by atoms with E-state index in [9.17, 15) is 27.6 Å². The highest BCUT2D eigenvalue weighted by atomic mass is 19.4. The summed E-state index contributed by atoms with van der Waals surface area (Å²) in [5, 5.41) is 0. The van der Waals surface area contributed by atoms with Crippen LogP contribution in [0.4, 0.5) is 13.2 Å². The number of hydrogen-bond donors (Lipinski definition) is 0. The summed E-state index contributed by atoms with van der Waals surface area (Å²) in [6.45, 7) is 3.25. The Morgan fingerprint density at radius 2 is 1.40 bits per heavy atom. The molecule has 2 amide bonds. The maximum Gasteiger partial charge on any atom is 0.421 e. The van der Waals surface area contributed by atoms with Crippen molar-refractivity contribution in [2.45, 2.75) is 38.4 Å². The van der Waals surface area contributed by atoms with Crippen LogP contribution >= 0.6 is 0 Å². The minimum atomic E-state index is -4.76. The quantitative estimate of drug-likeness (QED) is 0.728. The molecule has 1 aromatic heterocycles. The minimum absolute atomic E-state index is 0.104. The Kier molecular flexibility index (Phi) is 7.17. The van der Waals surface area contributed by atoms with E-state index in [-0.39, 0.29) is 5.91 Å². The van der Waals surface area contributed by atoms with Gasteiger partial charge in [0.05, 0.1) is 6.54 Å². The molecule has 30 heavy (non-hydrogen) atoms. The Balaban J connectivity index is 1.51. The van der Waals surface area contributed by atoms with Crippen molar-refractivity contribution in [3.05, 3.63) is 34.2 Å². The molecule has 0 N–H and O–H groups in total. The second-order valence-electron chi connectivity index (χ2n) is 7.80. The van der Waals surface area contributed by atoms with E-state index in [4.69, 9.17) is 0 Å². The van der Waals surface area contributed by atoms with Gasteiger partial charge in [0.2, 0.25) is 11.8 Å². The van der Waals surface area contributed by atoms with Crippen LogP contribution in [-0.2, 0) is 22.3 Å². The lowest BCUT2D eigenvalue weighted by Gasteiger charge is -2.35. The number of pyridine rings is 1. The fourth-order valence-corrected chi connectivity index (χ4v) is 3.89. The second kappa shape index (κ2) is 9.63. The molecular formula is C20H27F3N4O3. The molecule has 2 aliphatic rings. The molecule has 1 aromatic rings. The number of alkyl halides is 3. The van der Waals surface area contributed by atoms with Gasteiger partial charge in [0, 0.05) is 45.5 Å². The van der Waals surface area contributed by atoms with Crippen LogP contribution in [0.25, 0.3) is 0 Å². The Hall–Kier alpha value is -2.36. The average molecular weight is 428 g/mol. The van der Waals surface area contributed by atoms with Gasteiger partial charge in [-0.3, -0.25) is 19.3 Å². The van der Waals surface area contributed by atoms with E-state index in [2.05, 4.69) is 0 Å². The van der Waals surface area contributed by atoms with E-state index in [0.717, 1.165) is 49.4 Å². The van der Waals surface area contributed by atoms with Crippen molar-refractivity contribution in [1.29, 1.82) is 0 Å². The summed E-state index contributed by atoms with van der Waals surface area (Å²) in [5.74, 6) is -0.304. The van der Waals surface area contributed by atoms with Gasteiger partial charge in [-0.05, 0) is 25.0 Å². The van der Waals surface area contributed by atoms with E-state index < -0.39 is 29.8 Å². The SMILES string of the molecule is O=C(CN1CCN(C(=O)Cn2cccc(C(F)(F)F)c2=O)CC1)N1CCCCCC1. The van der Waals surface area contributed by atoms with Gasteiger partial charge in [0.1, 0.15) is 12.1 Å². The molecule has 7 nitrogen and oxygen atoms in total. The van der Waals surface area contributed by atoms with Gasteiger partial charge in [-0.25, -0.2) is 0 Å². The molecule has 0 aromatic carbocycles. The normalized spacial score (nSPS) is 18.9. The number of aromatic nitrogens is 1. The van der Waals surface area contributed by atoms with Crippen LogP contribution in [-0.4, -0.2) is 76.9 Å². The minimum Gasteiger partial charge on any atom is -0.342 e. The molecule has 0 spiro atoms. The number of rotatable bonds is 4. The maximum atomic E-state index is 12.9. The molecule has 2 aliphatic heterocycles. The zero-order valence-corrected chi connectivity index (χ0v) is 16.9. The molecule has 0 unspecified atom stereocenters. The van der Waals surface area contributed by atoms with E-state index in [1.165, 1.54) is 11.1 Å². The van der Waals surface area contributed by atoms with Crippen molar-refractivity contribution < 1.29 is 22.8 Å². The number of likely N-dealkylation sites (tertiary alicyclic amines) is 1. The monoisotopic (exact) mass is 428 g/mol. The van der Waals surface area contributed by atoms with E-state index in [1.54, 1.807) is 0 Å². The summed E-state index contributed by atoms with van der Waals surface area (Å²) in [6.07, 6.45) is 0.797. The van der Waals surface area contributed by atoms with Gasteiger partial charge in [0.15, 0.2) is 0 Å². The summed E-state index contributed by atoms with van der Waals surface area (Å²) in [6, 6.07) is 1.83. The number of amides is 2. The molecule has 166 valence electrons. The van der Waals surface area contributed by atoms with E-state index in [1.807, 2.05) is 9.80 Å². The number of carbonyl (C=O) groups is 2. The molecule has 2 fully saturated rings. The van der Waals surface area contributed by atoms with Crippen LogP contribution in [0.3, 0.4) is 0 Å². The topological polar surface area (TPSA) is 65.9 Å². The van der Waals surface area contributed by atoms with Gasteiger partial charge >= 0.3 is 6.18 Å². The van der Waals surface area contributed by atoms with Crippen LogP contribution < -0.4 is 5.56 Å². The lowest BCUT2D eigenvalue weighted by atomic mass is 10.2. The Labute approximate surface area is 173 Å². The van der Waals surface area contributed by atoms with Crippen molar-refractivity contribution in [2.75, 3.05) is 45.8 Å². The van der Waals surface area contributed by atoms with Crippen molar-refractivity contribution >= 4 is 11.8 Å². The molecule has 0 radical (unpaired) electrons.